The second-order valence-electron chi connectivity index (χ2n) is 6.73. The number of hydrogen-bond acceptors (Lipinski definition) is 5. The van der Waals surface area contributed by atoms with Gasteiger partial charge < -0.3 is 4.90 Å². The molecule has 3 aromatic rings. The van der Waals surface area contributed by atoms with Crippen molar-refractivity contribution in [3.8, 4) is 11.3 Å². The van der Waals surface area contributed by atoms with E-state index >= 15 is 0 Å². The summed E-state index contributed by atoms with van der Waals surface area (Å²) < 4.78 is 53.8. The van der Waals surface area contributed by atoms with Gasteiger partial charge in [0.25, 0.3) is 10.0 Å². The molecule has 1 aromatic heterocycles. The van der Waals surface area contributed by atoms with Crippen molar-refractivity contribution >= 4 is 21.5 Å². The predicted octanol–water partition coefficient (Wildman–Crippen LogP) is 3.82. The van der Waals surface area contributed by atoms with Crippen molar-refractivity contribution in [3.63, 3.8) is 0 Å². The fraction of sp³-hybridized carbons (Fsp3) is 0.200. The molecule has 1 saturated heterocycles. The average Bonchev–Trinajstić information content (AvgIpc) is 3.23. The van der Waals surface area contributed by atoms with Crippen LogP contribution in [0.3, 0.4) is 0 Å². The molecule has 2 aromatic carbocycles. The Balaban J connectivity index is 1.50. The van der Waals surface area contributed by atoms with Gasteiger partial charge in [0.15, 0.2) is 5.82 Å². The second kappa shape index (κ2) is 7.75. The molecule has 150 valence electrons. The van der Waals surface area contributed by atoms with Crippen molar-refractivity contribution in [1.29, 1.82) is 0 Å². The van der Waals surface area contributed by atoms with E-state index in [1.165, 1.54) is 0 Å². The molecule has 2 heterocycles. The minimum Gasteiger partial charge on any atom is -0.355 e. The van der Waals surface area contributed by atoms with Gasteiger partial charge in [-0.3, -0.25) is 4.72 Å². The molecule has 1 aliphatic rings. The number of halogens is 2. The van der Waals surface area contributed by atoms with Crippen molar-refractivity contribution in [1.82, 2.24) is 10.2 Å². The van der Waals surface area contributed by atoms with E-state index < -0.39 is 26.6 Å². The van der Waals surface area contributed by atoms with Crippen LogP contribution in [0.25, 0.3) is 11.3 Å². The zero-order valence-corrected chi connectivity index (χ0v) is 16.2. The van der Waals surface area contributed by atoms with Gasteiger partial charge in [-0.1, -0.05) is 12.1 Å². The molecule has 0 atom stereocenters. The molecule has 0 amide bonds. The summed E-state index contributed by atoms with van der Waals surface area (Å²) in [5, 5.41) is 8.52. The first-order chi connectivity index (χ1) is 13.9. The largest absolute Gasteiger partial charge is 0.355 e. The van der Waals surface area contributed by atoms with E-state index in [0.717, 1.165) is 49.4 Å². The fourth-order valence-electron chi connectivity index (χ4n) is 3.21. The minimum absolute atomic E-state index is 0.249. The van der Waals surface area contributed by atoms with E-state index in [-0.39, 0.29) is 5.69 Å². The molecule has 0 saturated carbocycles. The Hall–Kier alpha value is -3.07. The van der Waals surface area contributed by atoms with Crippen molar-refractivity contribution in [2.45, 2.75) is 17.7 Å². The summed E-state index contributed by atoms with van der Waals surface area (Å²) in [4.78, 5) is 1.56. The maximum atomic E-state index is 13.8. The molecule has 29 heavy (non-hydrogen) atoms. The van der Waals surface area contributed by atoms with Gasteiger partial charge in [0, 0.05) is 30.4 Å². The minimum atomic E-state index is -4.18. The number of aromatic nitrogens is 2. The molecule has 0 spiro atoms. The van der Waals surface area contributed by atoms with Crippen LogP contribution in [0.4, 0.5) is 20.3 Å². The molecule has 0 aliphatic carbocycles. The van der Waals surface area contributed by atoms with Gasteiger partial charge in [-0.15, -0.1) is 10.2 Å². The van der Waals surface area contributed by atoms with Crippen LogP contribution >= 0.6 is 0 Å². The second-order valence-corrected chi connectivity index (χ2v) is 8.38. The summed E-state index contributed by atoms with van der Waals surface area (Å²) in [5.41, 5.74) is 1.67. The zero-order chi connectivity index (χ0) is 20.4. The Morgan fingerprint density at radius 2 is 1.62 bits per heavy atom. The normalized spacial score (nSPS) is 14.2. The number of anilines is 2. The smallest absolute Gasteiger partial charge is 0.264 e. The molecule has 0 radical (unpaired) electrons. The van der Waals surface area contributed by atoms with E-state index in [0.29, 0.717) is 11.8 Å². The first-order valence-corrected chi connectivity index (χ1v) is 10.6. The molecule has 0 unspecified atom stereocenters. The van der Waals surface area contributed by atoms with Crippen LogP contribution < -0.4 is 9.62 Å². The maximum absolute atomic E-state index is 13.8. The monoisotopic (exact) mass is 416 g/mol. The predicted molar refractivity (Wildman–Crippen MR) is 106 cm³/mol. The number of nitrogens with zero attached hydrogens (tertiary/aromatic N) is 3. The van der Waals surface area contributed by atoms with Crippen LogP contribution in [0, 0.1) is 11.6 Å². The number of rotatable bonds is 5. The summed E-state index contributed by atoms with van der Waals surface area (Å²) in [7, 11) is -4.18. The van der Waals surface area contributed by atoms with Crippen LogP contribution in [0.15, 0.2) is 59.5 Å². The molecule has 1 fully saturated rings. The topological polar surface area (TPSA) is 75.2 Å². The molecular weight excluding hydrogens is 398 g/mol. The summed E-state index contributed by atoms with van der Waals surface area (Å²) in [6.07, 6.45) is 2.31. The summed E-state index contributed by atoms with van der Waals surface area (Å²) >= 11 is 0. The lowest BCUT2D eigenvalue weighted by Gasteiger charge is -2.15. The Labute approximate surface area is 167 Å². The maximum Gasteiger partial charge on any atom is 0.264 e. The Bertz CT molecular complexity index is 1110. The molecule has 0 bridgehead atoms. The first-order valence-electron chi connectivity index (χ1n) is 9.09. The van der Waals surface area contributed by atoms with E-state index in [2.05, 4.69) is 19.8 Å². The van der Waals surface area contributed by atoms with Gasteiger partial charge in [0.05, 0.1) is 5.69 Å². The lowest BCUT2D eigenvalue weighted by atomic mass is 10.1. The average molecular weight is 416 g/mol. The third-order valence-corrected chi connectivity index (χ3v) is 6.11. The number of hydrogen-bond donors (Lipinski definition) is 1. The van der Waals surface area contributed by atoms with Crippen LogP contribution in [0.5, 0.6) is 0 Å². The van der Waals surface area contributed by atoms with E-state index in [9.17, 15) is 17.2 Å². The van der Waals surface area contributed by atoms with Gasteiger partial charge in [-0.2, -0.15) is 0 Å². The number of benzene rings is 2. The van der Waals surface area contributed by atoms with Crippen LogP contribution in [0.1, 0.15) is 12.8 Å². The molecule has 1 aliphatic heterocycles. The van der Waals surface area contributed by atoms with Crippen molar-refractivity contribution in [2.75, 3.05) is 22.7 Å². The molecule has 6 nitrogen and oxygen atoms in total. The molecular formula is C20H18F2N4O2S. The van der Waals surface area contributed by atoms with Gasteiger partial charge in [-0.05, 0) is 49.2 Å². The molecule has 9 heteroatoms. The van der Waals surface area contributed by atoms with Crippen LogP contribution in [0.2, 0.25) is 0 Å². The fourth-order valence-corrected chi connectivity index (χ4v) is 4.33. The number of nitrogens with one attached hydrogen (secondary N) is 1. The summed E-state index contributed by atoms with van der Waals surface area (Å²) in [6.45, 7) is 1.97. The SMILES string of the molecule is O=S(=O)(Nc1ccc(-c2ccc(N3CCCC3)nn2)cc1)c1ccc(F)cc1F. The van der Waals surface area contributed by atoms with E-state index in [1.807, 2.05) is 12.1 Å². The Morgan fingerprint density at radius 1 is 0.897 bits per heavy atom. The van der Waals surface area contributed by atoms with Crippen LogP contribution in [-0.4, -0.2) is 31.7 Å². The number of sulfonamides is 1. The Morgan fingerprint density at radius 3 is 2.24 bits per heavy atom. The lowest BCUT2D eigenvalue weighted by Crippen LogP contribution is -2.19. The Kier molecular flexibility index (Phi) is 5.14. The standard InChI is InChI=1S/C20H18F2N4O2S/c21-15-5-9-19(17(22)13-15)29(27,28)25-16-6-3-14(4-7-16)18-8-10-20(24-23-18)26-11-1-2-12-26/h3-10,13,25H,1-2,11-12H2. The third-order valence-electron chi connectivity index (χ3n) is 4.70. The van der Waals surface area contributed by atoms with Gasteiger partial charge in [0.1, 0.15) is 16.5 Å². The highest BCUT2D eigenvalue weighted by molar-refractivity contribution is 7.92. The first kappa shape index (κ1) is 19.3. The van der Waals surface area contributed by atoms with Gasteiger partial charge >= 0.3 is 0 Å². The summed E-state index contributed by atoms with van der Waals surface area (Å²) in [5.74, 6) is -1.15. The highest BCUT2D eigenvalue weighted by Gasteiger charge is 2.20. The van der Waals surface area contributed by atoms with Crippen molar-refractivity contribution < 1.29 is 17.2 Å². The molecule has 1 N–H and O–H groups in total. The van der Waals surface area contributed by atoms with E-state index in [4.69, 9.17) is 0 Å². The van der Waals surface area contributed by atoms with Crippen molar-refractivity contribution in [2.24, 2.45) is 0 Å². The highest BCUT2D eigenvalue weighted by atomic mass is 32.2. The van der Waals surface area contributed by atoms with E-state index in [1.54, 1.807) is 24.3 Å². The summed E-state index contributed by atoms with van der Waals surface area (Å²) in [6, 6.07) is 12.6. The van der Waals surface area contributed by atoms with Gasteiger partial charge in [0.2, 0.25) is 0 Å². The highest BCUT2D eigenvalue weighted by Crippen LogP contribution is 2.24. The van der Waals surface area contributed by atoms with Crippen LogP contribution in [-0.2, 0) is 10.0 Å². The quantitative estimate of drug-likeness (QED) is 0.684. The third kappa shape index (κ3) is 4.19. The molecule has 4 rings (SSSR count). The van der Waals surface area contributed by atoms with Gasteiger partial charge in [-0.25, -0.2) is 17.2 Å². The van der Waals surface area contributed by atoms with Crippen molar-refractivity contribution in [3.05, 3.63) is 66.2 Å². The lowest BCUT2D eigenvalue weighted by molar-refractivity contribution is 0.551. The zero-order valence-electron chi connectivity index (χ0n) is 15.3.